The number of carbonyl (C=O) groups excluding carboxylic acids is 1. The van der Waals surface area contributed by atoms with Gasteiger partial charge in [0.2, 0.25) is 0 Å². The summed E-state index contributed by atoms with van der Waals surface area (Å²) in [4.78, 5) is 15.4. The SMILES string of the molecule is COC(=O)c1noc(C)c1-c1cccnc1. The fourth-order valence-corrected chi connectivity index (χ4v) is 1.46. The summed E-state index contributed by atoms with van der Waals surface area (Å²) in [6.07, 6.45) is 3.30. The van der Waals surface area contributed by atoms with Gasteiger partial charge < -0.3 is 9.26 Å². The molecule has 2 rings (SSSR count). The monoisotopic (exact) mass is 218 g/mol. The van der Waals surface area contributed by atoms with Crippen molar-refractivity contribution in [1.82, 2.24) is 10.1 Å². The van der Waals surface area contributed by atoms with E-state index in [4.69, 9.17) is 4.52 Å². The Morgan fingerprint density at radius 1 is 1.50 bits per heavy atom. The van der Waals surface area contributed by atoms with E-state index in [0.717, 1.165) is 5.56 Å². The number of methoxy groups -OCH3 is 1. The fraction of sp³-hybridized carbons (Fsp3) is 0.182. The maximum atomic E-state index is 11.5. The van der Waals surface area contributed by atoms with E-state index in [9.17, 15) is 4.79 Å². The van der Waals surface area contributed by atoms with Crippen molar-refractivity contribution in [3.8, 4) is 11.1 Å². The molecule has 2 heterocycles. The second-order valence-electron chi connectivity index (χ2n) is 3.20. The summed E-state index contributed by atoms with van der Waals surface area (Å²) in [5, 5.41) is 3.69. The molecule has 82 valence electrons. The molecule has 0 unspecified atom stereocenters. The van der Waals surface area contributed by atoms with Gasteiger partial charge in [0.1, 0.15) is 5.76 Å². The summed E-state index contributed by atoms with van der Waals surface area (Å²) >= 11 is 0. The van der Waals surface area contributed by atoms with Crippen LogP contribution in [-0.4, -0.2) is 23.2 Å². The lowest BCUT2D eigenvalue weighted by atomic mass is 10.1. The lowest BCUT2D eigenvalue weighted by Gasteiger charge is -2.00. The third kappa shape index (κ3) is 1.67. The van der Waals surface area contributed by atoms with Gasteiger partial charge in [-0.05, 0) is 13.0 Å². The Morgan fingerprint density at radius 2 is 2.31 bits per heavy atom. The van der Waals surface area contributed by atoms with Crippen LogP contribution in [0.3, 0.4) is 0 Å². The minimum Gasteiger partial charge on any atom is -0.464 e. The molecule has 0 aliphatic rings. The van der Waals surface area contributed by atoms with E-state index in [1.807, 2.05) is 6.07 Å². The molecule has 0 aliphatic heterocycles. The maximum Gasteiger partial charge on any atom is 0.360 e. The van der Waals surface area contributed by atoms with Gasteiger partial charge >= 0.3 is 5.97 Å². The Kier molecular flexibility index (Phi) is 2.68. The number of pyridine rings is 1. The average Bonchev–Trinajstić information content (AvgIpc) is 2.71. The number of nitrogens with zero attached hydrogens (tertiary/aromatic N) is 2. The first kappa shape index (κ1) is 10.4. The molecule has 0 N–H and O–H groups in total. The van der Waals surface area contributed by atoms with Crippen molar-refractivity contribution in [2.24, 2.45) is 0 Å². The summed E-state index contributed by atoms with van der Waals surface area (Å²) in [5.74, 6) is 0.0455. The molecular formula is C11H10N2O3. The van der Waals surface area contributed by atoms with Gasteiger partial charge in [0, 0.05) is 18.0 Å². The predicted octanol–water partition coefficient (Wildman–Crippen LogP) is 1.83. The third-order valence-electron chi connectivity index (χ3n) is 2.19. The summed E-state index contributed by atoms with van der Waals surface area (Å²) in [6.45, 7) is 1.74. The van der Waals surface area contributed by atoms with Crippen LogP contribution in [-0.2, 0) is 4.74 Å². The highest BCUT2D eigenvalue weighted by Gasteiger charge is 2.21. The summed E-state index contributed by atoms with van der Waals surface area (Å²) < 4.78 is 9.62. The molecule has 16 heavy (non-hydrogen) atoms. The van der Waals surface area contributed by atoms with Crippen LogP contribution in [0.4, 0.5) is 0 Å². The van der Waals surface area contributed by atoms with Crippen LogP contribution < -0.4 is 0 Å². The zero-order valence-corrected chi connectivity index (χ0v) is 8.93. The summed E-state index contributed by atoms with van der Waals surface area (Å²) in [7, 11) is 1.30. The Morgan fingerprint density at radius 3 is 2.94 bits per heavy atom. The number of ether oxygens (including phenoxy) is 1. The lowest BCUT2D eigenvalue weighted by molar-refractivity contribution is 0.0590. The molecule has 0 radical (unpaired) electrons. The third-order valence-corrected chi connectivity index (χ3v) is 2.19. The molecule has 5 nitrogen and oxygen atoms in total. The standard InChI is InChI=1S/C11H10N2O3/c1-7-9(8-4-3-5-12-6-8)10(13-16-7)11(14)15-2/h3-6H,1-2H3. The van der Waals surface area contributed by atoms with Crippen LogP contribution in [0.1, 0.15) is 16.2 Å². The first-order chi connectivity index (χ1) is 7.74. The molecule has 0 bridgehead atoms. The Labute approximate surface area is 92.0 Å². The van der Waals surface area contributed by atoms with Crippen molar-refractivity contribution < 1.29 is 14.1 Å². The lowest BCUT2D eigenvalue weighted by Crippen LogP contribution is -2.03. The van der Waals surface area contributed by atoms with E-state index >= 15 is 0 Å². The smallest absolute Gasteiger partial charge is 0.360 e. The number of hydrogen-bond donors (Lipinski definition) is 0. The van der Waals surface area contributed by atoms with E-state index in [2.05, 4.69) is 14.9 Å². The molecule has 0 spiro atoms. The number of rotatable bonds is 2. The zero-order chi connectivity index (χ0) is 11.5. The minimum absolute atomic E-state index is 0.174. The molecule has 0 aliphatic carbocycles. The number of esters is 1. The largest absolute Gasteiger partial charge is 0.464 e. The first-order valence-corrected chi connectivity index (χ1v) is 4.69. The van der Waals surface area contributed by atoms with Crippen LogP contribution in [0.5, 0.6) is 0 Å². The van der Waals surface area contributed by atoms with E-state index in [1.165, 1.54) is 7.11 Å². The first-order valence-electron chi connectivity index (χ1n) is 4.69. The molecule has 0 amide bonds. The normalized spacial score (nSPS) is 10.1. The van der Waals surface area contributed by atoms with Crippen LogP contribution in [0.2, 0.25) is 0 Å². The highest BCUT2D eigenvalue weighted by molar-refractivity contribution is 5.95. The van der Waals surface area contributed by atoms with Crippen molar-refractivity contribution in [2.45, 2.75) is 6.92 Å². The maximum absolute atomic E-state index is 11.5. The van der Waals surface area contributed by atoms with Crippen molar-refractivity contribution in [2.75, 3.05) is 7.11 Å². The van der Waals surface area contributed by atoms with Crippen LogP contribution in [0, 0.1) is 6.92 Å². The second kappa shape index (κ2) is 4.14. The van der Waals surface area contributed by atoms with Gasteiger partial charge in [-0.3, -0.25) is 4.98 Å². The molecule has 0 aromatic carbocycles. The second-order valence-corrected chi connectivity index (χ2v) is 3.20. The van der Waals surface area contributed by atoms with Crippen molar-refractivity contribution >= 4 is 5.97 Å². The van der Waals surface area contributed by atoms with E-state index in [-0.39, 0.29) is 5.69 Å². The van der Waals surface area contributed by atoms with Crippen molar-refractivity contribution in [3.05, 3.63) is 36.0 Å². The molecule has 0 saturated carbocycles. The van der Waals surface area contributed by atoms with E-state index < -0.39 is 5.97 Å². The zero-order valence-electron chi connectivity index (χ0n) is 8.93. The molecule has 2 aromatic heterocycles. The molecule has 0 saturated heterocycles. The average molecular weight is 218 g/mol. The van der Waals surface area contributed by atoms with E-state index in [0.29, 0.717) is 11.3 Å². The van der Waals surface area contributed by atoms with Gasteiger partial charge in [-0.2, -0.15) is 0 Å². The van der Waals surface area contributed by atoms with Gasteiger partial charge in [-0.25, -0.2) is 4.79 Å². The highest BCUT2D eigenvalue weighted by atomic mass is 16.5. The topological polar surface area (TPSA) is 65.2 Å². The molecule has 0 atom stereocenters. The van der Waals surface area contributed by atoms with Gasteiger partial charge in [-0.15, -0.1) is 0 Å². The molecule has 5 heteroatoms. The minimum atomic E-state index is -0.518. The summed E-state index contributed by atoms with van der Waals surface area (Å²) in [6, 6.07) is 3.61. The Hall–Kier alpha value is -2.17. The van der Waals surface area contributed by atoms with Gasteiger partial charge in [0.25, 0.3) is 0 Å². The van der Waals surface area contributed by atoms with Crippen molar-refractivity contribution in [3.63, 3.8) is 0 Å². The van der Waals surface area contributed by atoms with Crippen LogP contribution in [0.25, 0.3) is 11.1 Å². The van der Waals surface area contributed by atoms with Crippen LogP contribution in [0.15, 0.2) is 29.0 Å². The van der Waals surface area contributed by atoms with Gasteiger partial charge in [-0.1, -0.05) is 11.2 Å². The highest BCUT2D eigenvalue weighted by Crippen LogP contribution is 2.26. The van der Waals surface area contributed by atoms with E-state index in [1.54, 1.807) is 25.4 Å². The van der Waals surface area contributed by atoms with Gasteiger partial charge in [0.05, 0.1) is 12.7 Å². The quantitative estimate of drug-likeness (QED) is 0.719. The summed E-state index contributed by atoms with van der Waals surface area (Å²) in [5.41, 5.74) is 1.58. The number of carbonyl (C=O) groups is 1. The Balaban J connectivity index is 2.56. The molecular weight excluding hydrogens is 208 g/mol. The van der Waals surface area contributed by atoms with Gasteiger partial charge in [0.15, 0.2) is 5.69 Å². The predicted molar refractivity (Wildman–Crippen MR) is 55.8 cm³/mol. The molecule has 2 aromatic rings. The molecule has 0 fully saturated rings. The Bertz CT molecular complexity index is 505. The number of aromatic nitrogens is 2. The van der Waals surface area contributed by atoms with Crippen molar-refractivity contribution in [1.29, 1.82) is 0 Å². The number of hydrogen-bond acceptors (Lipinski definition) is 5. The number of aryl methyl sites for hydroxylation is 1. The van der Waals surface area contributed by atoms with Crippen LogP contribution >= 0.6 is 0 Å². The fourth-order valence-electron chi connectivity index (χ4n) is 1.46.